The van der Waals surface area contributed by atoms with Crippen LogP contribution in [0.2, 0.25) is 0 Å². The summed E-state index contributed by atoms with van der Waals surface area (Å²) in [6.07, 6.45) is 0. The van der Waals surface area contributed by atoms with Crippen LogP contribution in [0.25, 0.3) is 0 Å². The molecule has 2 aromatic rings. The molecular formula is C18H15BrN2O6. The number of carbonyl (C=O) groups excluding carboxylic acids is 2. The van der Waals surface area contributed by atoms with Gasteiger partial charge in [0.15, 0.2) is 11.5 Å². The van der Waals surface area contributed by atoms with E-state index < -0.39 is 18.4 Å². The van der Waals surface area contributed by atoms with Crippen molar-refractivity contribution in [3.8, 4) is 11.5 Å². The van der Waals surface area contributed by atoms with Gasteiger partial charge in [-0.05, 0) is 52.3 Å². The number of halogens is 1. The third-order valence-electron chi connectivity index (χ3n) is 3.66. The van der Waals surface area contributed by atoms with Gasteiger partial charge in [0, 0.05) is 16.8 Å². The van der Waals surface area contributed by atoms with Gasteiger partial charge in [-0.25, -0.2) is 0 Å². The SMILES string of the molecule is O=C(O)CNC(=O)c1ccc(NC(=O)c2cc(Br)c3c(c2)OCCO3)cc1. The van der Waals surface area contributed by atoms with Gasteiger partial charge in [0.05, 0.1) is 4.47 Å². The van der Waals surface area contributed by atoms with Crippen molar-refractivity contribution in [2.24, 2.45) is 0 Å². The average molecular weight is 435 g/mol. The fourth-order valence-corrected chi connectivity index (χ4v) is 2.96. The molecule has 0 saturated carbocycles. The van der Waals surface area contributed by atoms with Gasteiger partial charge in [0.2, 0.25) is 0 Å². The molecule has 0 bridgehead atoms. The number of benzene rings is 2. The molecule has 9 heteroatoms. The summed E-state index contributed by atoms with van der Waals surface area (Å²) in [5.74, 6) is -0.930. The summed E-state index contributed by atoms with van der Waals surface area (Å²) in [7, 11) is 0. The molecule has 1 aliphatic heterocycles. The van der Waals surface area contributed by atoms with Crippen molar-refractivity contribution >= 4 is 39.4 Å². The monoisotopic (exact) mass is 434 g/mol. The van der Waals surface area contributed by atoms with E-state index in [9.17, 15) is 14.4 Å². The fourth-order valence-electron chi connectivity index (χ4n) is 2.41. The lowest BCUT2D eigenvalue weighted by atomic mass is 10.1. The van der Waals surface area contributed by atoms with Gasteiger partial charge in [0.1, 0.15) is 19.8 Å². The maximum absolute atomic E-state index is 12.5. The lowest BCUT2D eigenvalue weighted by Crippen LogP contribution is -2.29. The smallest absolute Gasteiger partial charge is 0.322 e. The van der Waals surface area contributed by atoms with E-state index in [0.717, 1.165) is 0 Å². The minimum absolute atomic E-state index is 0.288. The highest BCUT2D eigenvalue weighted by atomic mass is 79.9. The number of rotatable bonds is 5. The molecule has 0 spiro atoms. The third kappa shape index (κ3) is 4.56. The minimum atomic E-state index is -1.13. The van der Waals surface area contributed by atoms with E-state index in [-0.39, 0.29) is 11.5 Å². The number of hydrogen-bond acceptors (Lipinski definition) is 5. The molecule has 2 amide bonds. The molecule has 0 atom stereocenters. The lowest BCUT2D eigenvalue weighted by molar-refractivity contribution is -0.135. The van der Waals surface area contributed by atoms with E-state index in [4.69, 9.17) is 14.6 Å². The van der Waals surface area contributed by atoms with E-state index in [0.29, 0.717) is 40.4 Å². The maximum atomic E-state index is 12.5. The Morgan fingerprint density at radius 1 is 1.00 bits per heavy atom. The summed E-state index contributed by atoms with van der Waals surface area (Å²) in [6.45, 7) is 0.399. The van der Waals surface area contributed by atoms with E-state index >= 15 is 0 Å². The molecule has 8 nitrogen and oxygen atoms in total. The number of carboxylic acid groups (broad SMARTS) is 1. The number of carboxylic acids is 1. The van der Waals surface area contributed by atoms with Crippen LogP contribution in [0.5, 0.6) is 11.5 Å². The highest BCUT2D eigenvalue weighted by Gasteiger charge is 2.19. The Kier molecular flexibility index (Phi) is 5.60. The Morgan fingerprint density at radius 3 is 2.41 bits per heavy atom. The molecular weight excluding hydrogens is 420 g/mol. The zero-order valence-corrected chi connectivity index (χ0v) is 15.5. The molecule has 3 rings (SSSR count). The molecule has 0 fully saturated rings. The summed E-state index contributed by atoms with van der Waals surface area (Å²) >= 11 is 3.37. The van der Waals surface area contributed by atoms with Crippen LogP contribution in [0.15, 0.2) is 40.9 Å². The van der Waals surface area contributed by atoms with Crippen molar-refractivity contribution in [2.75, 3.05) is 25.1 Å². The average Bonchev–Trinajstić information content (AvgIpc) is 2.66. The quantitative estimate of drug-likeness (QED) is 0.664. The number of hydrogen-bond donors (Lipinski definition) is 3. The summed E-state index contributed by atoms with van der Waals surface area (Å²) in [5.41, 5.74) is 1.16. The summed E-state index contributed by atoms with van der Waals surface area (Å²) < 4.78 is 11.6. The van der Waals surface area contributed by atoms with Gasteiger partial charge in [-0.2, -0.15) is 0 Å². The van der Waals surface area contributed by atoms with Gasteiger partial charge in [-0.1, -0.05) is 0 Å². The van der Waals surface area contributed by atoms with Crippen molar-refractivity contribution in [2.45, 2.75) is 0 Å². The van der Waals surface area contributed by atoms with Crippen LogP contribution in [0.4, 0.5) is 5.69 Å². The third-order valence-corrected chi connectivity index (χ3v) is 4.25. The normalized spacial score (nSPS) is 12.2. The van der Waals surface area contributed by atoms with Crippen LogP contribution in [0.1, 0.15) is 20.7 Å². The Bertz CT molecular complexity index is 897. The van der Waals surface area contributed by atoms with Gasteiger partial charge in [-0.15, -0.1) is 0 Å². The van der Waals surface area contributed by atoms with E-state index in [1.807, 2.05) is 0 Å². The summed E-state index contributed by atoms with van der Waals surface area (Å²) in [5, 5.41) is 13.6. The van der Waals surface area contributed by atoms with Crippen molar-refractivity contribution in [3.05, 3.63) is 52.0 Å². The van der Waals surface area contributed by atoms with Crippen LogP contribution < -0.4 is 20.1 Å². The van der Waals surface area contributed by atoms with E-state index in [2.05, 4.69) is 26.6 Å². The number of amides is 2. The molecule has 0 aliphatic carbocycles. The molecule has 0 aromatic heterocycles. The molecule has 1 aliphatic rings. The number of aliphatic carboxylic acids is 1. The van der Waals surface area contributed by atoms with Crippen molar-refractivity contribution in [1.29, 1.82) is 0 Å². The highest BCUT2D eigenvalue weighted by molar-refractivity contribution is 9.10. The van der Waals surface area contributed by atoms with Gasteiger partial charge >= 0.3 is 5.97 Å². The first-order chi connectivity index (χ1) is 12.9. The Labute approximate surface area is 162 Å². The van der Waals surface area contributed by atoms with Crippen LogP contribution in [0, 0.1) is 0 Å². The van der Waals surface area contributed by atoms with Crippen molar-refractivity contribution in [1.82, 2.24) is 5.32 Å². The second-order valence-electron chi connectivity index (χ2n) is 5.59. The number of anilines is 1. The zero-order chi connectivity index (χ0) is 19.4. The number of nitrogens with one attached hydrogen (secondary N) is 2. The predicted octanol–water partition coefficient (Wildman–Crippen LogP) is 2.29. The molecule has 0 unspecified atom stereocenters. The standard InChI is InChI=1S/C18H15BrN2O6/c19-13-7-11(8-14-16(13)27-6-5-26-14)18(25)21-12-3-1-10(2-4-12)17(24)20-9-15(22)23/h1-4,7-8H,5-6,9H2,(H,20,24)(H,21,25)(H,22,23). The molecule has 0 saturated heterocycles. The zero-order valence-electron chi connectivity index (χ0n) is 14.0. The number of ether oxygens (including phenoxy) is 2. The Morgan fingerprint density at radius 2 is 1.70 bits per heavy atom. The lowest BCUT2D eigenvalue weighted by Gasteiger charge is -2.20. The van der Waals surface area contributed by atoms with Crippen LogP contribution in [0.3, 0.4) is 0 Å². The molecule has 0 radical (unpaired) electrons. The Hall–Kier alpha value is -3.07. The molecule has 3 N–H and O–H groups in total. The first-order valence-corrected chi connectivity index (χ1v) is 8.74. The topological polar surface area (TPSA) is 114 Å². The second-order valence-corrected chi connectivity index (χ2v) is 6.44. The first-order valence-electron chi connectivity index (χ1n) is 7.94. The van der Waals surface area contributed by atoms with E-state index in [1.54, 1.807) is 24.3 Å². The van der Waals surface area contributed by atoms with Crippen LogP contribution in [-0.4, -0.2) is 42.6 Å². The highest BCUT2D eigenvalue weighted by Crippen LogP contribution is 2.38. The predicted molar refractivity (Wildman–Crippen MR) is 99.5 cm³/mol. The second kappa shape index (κ2) is 8.09. The fraction of sp³-hybridized carbons (Fsp3) is 0.167. The maximum Gasteiger partial charge on any atom is 0.322 e. The van der Waals surface area contributed by atoms with Gasteiger partial charge < -0.3 is 25.2 Å². The first kappa shape index (κ1) is 18.7. The largest absolute Gasteiger partial charge is 0.486 e. The van der Waals surface area contributed by atoms with Crippen molar-refractivity contribution in [3.63, 3.8) is 0 Å². The molecule has 27 heavy (non-hydrogen) atoms. The van der Waals surface area contributed by atoms with Crippen LogP contribution >= 0.6 is 15.9 Å². The minimum Gasteiger partial charge on any atom is -0.486 e. The van der Waals surface area contributed by atoms with Gasteiger partial charge in [-0.3, -0.25) is 14.4 Å². The van der Waals surface area contributed by atoms with Crippen LogP contribution in [-0.2, 0) is 4.79 Å². The number of carbonyl (C=O) groups is 3. The number of fused-ring (bicyclic) bond motifs is 1. The summed E-state index contributed by atoms with van der Waals surface area (Å²) in [4.78, 5) is 34.7. The molecule has 1 heterocycles. The van der Waals surface area contributed by atoms with E-state index in [1.165, 1.54) is 12.1 Å². The summed E-state index contributed by atoms with van der Waals surface area (Å²) in [6, 6.07) is 9.33. The van der Waals surface area contributed by atoms with Gasteiger partial charge in [0.25, 0.3) is 11.8 Å². The molecule has 2 aromatic carbocycles. The molecule has 140 valence electrons. The van der Waals surface area contributed by atoms with Crippen molar-refractivity contribution < 1.29 is 29.0 Å². The Balaban J connectivity index is 1.68.